The van der Waals surface area contributed by atoms with Gasteiger partial charge < -0.3 is 5.32 Å². The predicted octanol–water partition coefficient (Wildman–Crippen LogP) is 4.09. The molecular formula is C15H18ClN3S. The summed E-state index contributed by atoms with van der Waals surface area (Å²) in [5.41, 5.74) is 2.16. The van der Waals surface area contributed by atoms with Crippen LogP contribution in [0.4, 0.5) is 0 Å². The van der Waals surface area contributed by atoms with Gasteiger partial charge in [-0.3, -0.25) is 0 Å². The fraction of sp³-hybridized carbons (Fsp3) is 0.333. The summed E-state index contributed by atoms with van der Waals surface area (Å²) in [6.07, 6.45) is 3.63. The van der Waals surface area contributed by atoms with Crippen molar-refractivity contribution in [1.29, 1.82) is 0 Å². The molecule has 2 aromatic rings. The van der Waals surface area contributed by atoms with Crippen molar-refractivity contribution in [3.05, 3.63) is 46.7 Å². The Morgan fingerprint density at radius 1 is 1.25 bits per heavy atom. The molecule has 0 aliphatic carbocycles. The molecule has 0 atom stereocenters. The van der Waals surface area contributed by atoms with Crippen LogP contribution in [-0.4, -0.2) is 16.0 Å². The van der Waals surface area contributed by atoms with Crippen LogP contribution in [0.5, 0.6) is 0 Å². The van der Waals surface area contributed by atoms with Crippen LogP contribution in [-0.2, 0) is 6.54 Å². The Balaban J connectivity index is 2.06. The number of aromatic nitrogens is 2. The fourth-order valence-electron chi connectivity index (χ4n) is 1.59. The van der Waals surface area contributed by atoms with Crippen molar-refractivity contribution in [2.45, 2.75) is 43.4 Å². The van der Waals surface area contributed by atoms with Crippen LogP contribution >= 0.6 is 23.4 Å². The van der Waals surface area contributed by atoms with Gasteiger partial charge in [0.15, 0.2) is 5.16 Å². The molecule has 1 aromatic carbocycles. The van der Waals surface area contributed by atoms with Crippen molar-refractivity contribution in [1.82, 2.24) is 15.3 Å². The van der Waals surface area contributed by atoms with Crippen molar-refractivity contribution in [2.75, 3.05) is 0 Å². The zero-order chi connectivity index (χ0) is 14.5. The third kappa shape index (κ3) is 4.47. The lowest BCUT2D eigenvalue weighted by Gasteiger charge is -2.10. The Bertz CT molecular complexity index is 570. The summed E-state index contributed by atoms with van der Waals surface area (Å²) < 4.78 is 0. The average molecular weight is 308 g/mol. The Morgan fingerprint density at radius 2 is 1.95 bits per heavy atom. The van der Waals surface area contributed by atoms with Crippen molar-refractivity contribution >= 4 is 23.4 Å². The third-order valence-corrected chi connectivity index (χ3v) is 3.93. The lowest BCUT2D eigenvalue weighted by atomic mass is 10.2. The average Bonchev–Trinajstić information content (AvgIpc) is 2.40. The first-order chi connectivity index (χ1) is 9.54. The van der Waals surface area contributed by atoms with Crippen molar-refractivity contribution in [3.8, 4) is 0 Å². The monoisotopic (exact) mass is 307 g/mol. The third-order valence-electron chi connectivity index (χ3n) is 2.69. The highest BCUT2D eigenvalue weighted by Gasteiger charge is 2.05. The number of nitrogens with zero attached hydrogens (tertiary/aromatic N) is 2. The second-order valence-electron chi connectivity index (χ2n) is 4.93. The van der Waals surface area contributed by atoms with Gasteiger partial charge in [-0.25, -0.2) is 9.97 Å². The highest BCUT2D eigenvalue weighted by Crippen LogP contribution is 2.28. The largest absolute Gasteiger partial charge is 0.310 e. The maximum absolute atomic E-state index is 6.31. The zero-order valence-electron chi connectivity index (χ0n) is 11.9. The van der Waals surface area contributed by atoms with Crippen molar-refractivity contribution in [2.24, 2.45) is 0 Å². The van der Waals surface area contributed by atoms with E-state index in [1.165, 1.54) is 11.8 Å². The van der Waals surface area contributed by atoms with E-state index in [-0.39, 0.29) is 0 Å². The van der Waals surface area contributed by atoms with Gasteiger partial charge in [0.25, 0.3) is 0 Å². The maximum atomic E-state index is 6.31. The number of hydrogen-bond donors (Lipinski definition) is 1. The second-order valence-corrected chi connectivity index (χ2v) is 6.38. The number of hydrogen-bond acceptors (Lipinski definition) is 4. The summed E-state index contributed by atoms with van der Waals surface area (Å²) in [4.78, 5) is 9.61. The molecule has 1 aromatic heterocycles. The minimum absolute atomic E-state index is 0.445. The molecule has 1 N–H and O–H groups in total. The Morgan fingerprint density at radius 3 is 2.55 bits per heavy atom. The summed E-state index contributed by atoms with van der Waals surface area (Å²) in [5, 5.41) is 4.87. The van der Waals surface area contributed by atoms with Gasteiger partial charge in [-0.2, -0.15) is 0 Å². The number of aryl methyl sites for hydroxylation is 1. The van der Waals surface area contributed by atoms with Gasteiger partial charge in [-0.05, 0) is 41.9 Å². The van der Waals surface area contributed by atoms with Gasteiger partial charge in [-0.15, -0.1) is 0 Å². The molecule has 0 saturated carbocycles. The van der Waals surface area contributed by atoms with E-state index in [9.17, 15) is 0 Å². The molecule has 0 aliphatic heterocycles. The van der Waals surface area contributed by atoms with Gasteiger partial charge >= 0.3 is 0 Å². The van der Waals surface area contributed by atoms with Gasteiger partial charge in [0.2, 0.25) is 0 Å². The van der Waals surface area contributed by atoms with E-state index < -0.39 is 0 Å². The molecular weight excluding hydrogens is 290 g/mol. The van der Waals surface area contributed by atoms with E-state index in [4.69, 9.17) is 11.6 Å². The molecule has 5 heteroatoms. The van der Waals surface area contributed by atoms with Gasteiger partial charge in [-0.1, -0.05) is 31.5 Å². The fourth-order valence-corrected chi connectivity index (χ4v) is 2.63. The van der Waals surface area contributed by atoms with E-state index in [0.717, 1.165) is 32.7 Å². The Kier molecular flexibility index (Phi) is 5.40. The molecule has 0 fully saturated rings. The molecule has 0 unspecified atom stereocenters. The summed E-state index contributed by atoms with van der Waals surface area (Å²) in [7, 11) is 0. The van der Waals surface area contributed by atoms with Crippen molar-refractivity contribution in [3.63, 3.8) is 0 Å². The SMILES string of the molecule is Cc1cnc(Sc2ccc(CNC(C)C)c(Cl)c2)nc1. The van der Waals surface area contributed by atoms with E-state index in [1.807, 2.05) is 31.5 Å². The van der Waals surface area contributed by atoms with Crippen LogP contribution in [0.2, 0.25) is 5.02 Å². The molecule has 0 aliphatic rings. The van der Waals surface area contributed by atoms with E-state index >= 15 is 0 Å². The summed E-state index contributed by atoms with van der Waals surface area (Å²) >= 11 is 7.83. The lowest BCUT2D eigenvalue weighted by molar-refractivity contribution is 0.589. The number of benzene rings is 1. The van der Waals surface area contributed by atoms with Gasteiger partial charge in [0, 0.05) is 34.9 Å². The number of rotatable bonds is 5. The molecule has 2 rings (SSSR count). The molecule has 20 heavy (non-hydrogen) atoms. The van der Waals surface area contributed by atoms with Crippen LogP contribution in [0.3, 0.4) is 0 Å². The first kappa shape index (κ1) is 15.3. The first-order valence-electron chi connectivity index (χ1n) is 6.53. The highest BCUT2D eigenvalue weighted by molar-refractivity contribution is 7.99. The second kappa shape index (κ2) is 7.07. The molecule has 0 amide bonds. The van der Waals surface area contributed by atoms with Crippen LogP contribution < -0.4 is 5.32 Å². The minimum Gasteiger partial charge on any atom is -0.310 e. The predicted molar refractivity (Wildman–Crippen MR) is 84.3 cm³/mol. The molecule has 0 spiro atoms. The van der Waals surface area contributed by atoms with Crippen LogP contribution in [0, 0.1) is 6.92 Å². The molecule has 0 radical (unpaired) electrons. The maximum Gasteiger partial charge on any atom is 0.192 e. The summed E-state index contributed by atoms with van der Waals surface area (Å²) in [6.45, 7) is 6.99. The molecule has 1 heterocycles. The smallest absolute Gasteiger partial charge is 0.192 e. The van der Waals surface area contributed by atoms with Crippen LogP contribution in [0.1, 0.15) is 25.0 Å². The van der Waals surface area contributed by atoms with E-state index in [0.29, 0.717) is 6.04 Å². The Labute approximate surface area is 129 Å². The Hall–Kier alpha value is -1.10. The summed E-state index contributed by atoms with van der Waals surface area (Å²) in [5.74, 6) is 0. The van der Waals surface area contributed by atoms with Gasteiger partial charge in [0.1, 0.15) is 0 Å². The standard InChI is InChI=1S/C15H18ClN3S/c1-10(2)17-9-12-4-5-13(6-14(12)16)20-15-18-7-11(3)8-19-15/h4-8,10,17H,9H2,1-3H3. The number of nitrogens with one attached hydrogen (secondary N) is 1. The topological polar surface area (TPSA) is 37.8 Å². The molecule has 0 saturated heterocycles. The van der Waals surface area contributed by atoms with Crippen LogP contribution in [0.15, 0.2) is 40.6 Å². The highest BCUT2D eigenvalue weighted by atomic mass is 35.5. The number of halogens is 1. The first-order valence-corrected chi connectivity index (χ1v) is 7.72. The van der Waals surface area contributed by atoms with Crippen LogP contribution in [0.25, 0.3) is 0 Å². The van der Waals surface area contributed by atoms with E-state index in [1.54, 1.807) is 0 Å². The molecule has 0 bridgehead atoms. The van der Waals surface area contributed by atoms with E-state index in [2.05, 4.69) is 35.2 Å². The zero-order valence-corrected chi connectivity index (χ0v) is 13.4. The van der Waals surface area contributed by atoms with Gasteiger partial charge in [0.05, 0.1) is 0 Å². The van der Waals surface area contributed by atoms with Crippen molar-refractivity contribution < 1.29 is 0 Å². The quantitative estimate of drug-likeness (QED) is 0.844. The molecule has 3 nitrogen and oxygen atoms in total. The normalized spacial score (nSPS) is 11.1. The summed E-state index contributed by atoms with van der Waals surface area (Å²) in [6, 6.07) is 6.51. The minimum atomic E-state index is 0.445. The molecule has 106 valence electrons. The lowest BCUT2D eigenvalue weighted by Crippen LogP contribution is -2.21.